The number of aryl methyl sites for hydroxylation is 1. The Morgan fingerprint density at radius 3 is 2.78 bits per heavy atom. The first-order chi connectivity index (χ1) is 8.46. The summed E-state index contributed by atoms with van der Waals surface area (Å²) in [5.41, 5.74) is 0.758. The maximum Gasteiger partial charge on any atom is 0.318 e. The number of carbonyl (C=O) groups is 1. The van der Waals surface area contributed by atoms with E-state index in [4.69, 9.17) is 9.15 Å². The molecule has 96 valence electrons. The van der Waals surface area contributed by atoms with Crippen molar-refractivity contribution in [3.8, 4) is 11.5 Å². The van der Waals surface area contributed by atoms with Crippen molar-refractivity contribution < 1.29 is 13.9 Å². The summed E-state index contributed by atoms with van der Waals surface area (Å²) in [4.78, 5) is 19.3. The van der Waals surface area contributed by atoms with Crippen LogP contribution in [0.15, 0.2) is 22.8 Å². The van der Waals surface area contributed by atoms with Gasteiger partial charge in [-0.1, -0.05) is 0 Å². The number of methoxy groups -OCH3 is 1. The van der Waals surface area contributed by atoms with Gasteiger partial charge < -0.3 is 14.1 Å². The number of nitrogens with one attached hydrogen (secondary N) is 1. The number of aromatic amines is 1. The van der Waals surface area contributed by atoms with Gasteiger partial charge in [0, 0.05) is 5.69 Å². The van der Waals surface area contributed by atoms with Crippen LogP contribution < -0.4 is 0 Å². The predicted octanol–water partition coefficient (Wildman–Crippen LogP) is 2.43. The molecule has 0 aliphatic carbocycles. The molecule has 0 aliphatic heterocycles. The molecule has 0 saturated carbocycles. The number of hydrogen-bond acceptors (Lipinski definition) is 4. The highest BCUT2D eigenvalue weighted by Crippen LogP contribution is 2.28. The lowest BCUT2D eigenvalue weighted by Crippen LogP contribution is -2.31. The number of rotatable bonds is 3. The Morgan fingerprint density at radius 2 is 2.22 bits per heavy atom. The number of esters is 1. The van der Waals surface area contributed by atoms with Gasteiger partial charge in [-0.05, 0) is 32.9 Å². The lowest BCUT2D eigenvalue weighted by molar-refractivity contribution is -0.146. The van der Waals surface area contributed by atoms with Crippen LogP contribution in [0.2, 0.25) is 0 Å². The van der Waals surface area contributed by atoms with Crippen molar-refractivity contribution in [3.05, 3.63) is 29.9 Å². The molecule has 5 heteroatoms. The first-order valence-corrected chi connectivity index (χ1v) is 5.66. The Kier molecular flexibility index (Phi) is 2.98. The molecule has 0 fully saturated rings. The quantitative estimate of drug-likeness (QED) is 0.847. The van der Waals surface area contributed by atoms with Crippen LogP contribution in [0.5, 0.6) is 0 Å². The minimum atomic E-state index is -0.815. The lowest BCUT2D eigenvalue weighted by Gasteiger charge is -2.18. The molecular formula is C13H16N2O3. The van der Waals surface area contributed by atoms with Gasteiger partial charge >= 0.3 is 5.97 Å². The smallest absolute Gasteiger partial charge is 0.318 e. The van der Waals surface area contributed by atoms with Crippen molar-refractivity contribution in [2.24, 2.45) is 0 Å². The van der Waals surface area contributed by atoms with Crippen molar-refractivity contribution in [2.45, 2.75) is 26.2 Å². The molecule has 2 aromatic heterocycles. The van der Waals surface area contributed by atoms with E-state index in [0.717, 1.165) is 5.69 Å². The zero-order valence-corrected chi connectivity index (χ0v) is 10.9. The monoisotopic (exact) mass is 248 g/mol. The molecule has 0 spiro atoms. The highest BCUT2D eigenvalue weighted by molar-refractivity contribution is 5.81. The third kappa shape index (κ3) is 1.92. The van der Waals surface area contributed by atoms with Gasteiger partial charge in [0.15, 0.2) is 5.76 Å². The summed E-state index contributed by atoms with van der Waals surface area (Å²) in [5, 5.41) is 0. The van der Waals surface area contributed by atoms with E-state index in [1.165, 1.54) is 7.11 Å². The van der Waals surface area contributed by atoms with Gasteiger partial charge in [0.25, 0.3) is 0 Å². The Morgan fingerprint density at radius 1 is 1.50 bits per heavy atom. The summed E-state index contributed by atoms with van der Waals surface area (Å²) in [6.07, 6.45) is 1.59. The van der Waals surface area contributed by atoms with Gasteiger partial charge in [-0.2, -0.15) is 0 Å². The van der Waals surface area contributed by atoms with Crippen molar-refractivity contribution in [2.75, 3.05) is 7.11 Å². The van der Waals surface area contributed by atoms with E-state index in [-0.39, 0.29) is 5.97 Å². The lowest BCUT2D eigenvalue weighted by atomic mass is 9.93. The maximum atomic E-state index is 11.7. The van der Waals surface area contributed by atoms with E-state index < -0.39 is 5.41 Å². The third-order valence-corrected chi connectivity index (χ3v) is 2.93. The first kappa shape index (κ1) is 12.4. The van der Waals surface area contributed by atoms with Crippen LogP contribution in [-0.4, -0.2) is 23.0 Å². The largest absolute Gasteiger partial charge is 0.468 e. The molecule has 0 atom stereocenters. The van der Waals surface area contributed by atoms with Gasteiger partial charge in [-0.25, -0.2) is 4.98 Å². The van der Waals surface area contributed by atoms with Crippen LogP contribution in [0, 0.1) is 6.92 Å². The van der Waals surface area contributed by atoms with Crippen LogP contribution in [0.25, 0.3) is 11.5 Å². The predicted molar refractivity (Wildman–Crippen MR) is 66.1 cm³/mol. The number of nitrogens with zero attached hydrogens (tertiary/aromatic N) is 1. The number of aromatic nitrogens is 2. The molecule has 0 radical (unpaired) electrons. The second-order valence-electron chi connectivity index (χ2n) is 4.65. The molecule has 18 heavy (non-hydrogen) atoms. The van der Waals surface area contributed by atoms with E-state index in [1.807, 2.05) is 13.0 Å². The summed E-state index contributed by atoms with van der Waals surface area (Å²) in [5.74, 6) is 0.913. The average molecular weight is 248 g/mol. The topological polar surface area (TPSA) is 68.1 Å². The number of ether oxygens (including phenoxy) is 1. The molecule has 2 aromatic rings. The summed E-state index contributed by atoms with van der Waals surface area (Å²) in [6.45, 7) is 5.42. The molecule has 0 amide bonds. The fourth-order valence-electron chi connectivity index (χ4n) is 1.76. The number of carbonyl (C=O) groups excluding carboxylic acids is 1. The minimum absolute atomic E-state index is 0.331. The highest BCUT2D eigenvalue weighted by Gasteiger charge is 2.35. The summed E-state index contributed by atoms with van der Waals surface area (Å²) >= 11 is 0. The molecule has 2 rings (SSSR count). The van der Waals surface area contributed by atoms with Gasteiger partial charge in [0.2, 0.25) is 0 Å². The van der Waals surface area contributed by atoms with E-state index in [0.29, 0.717) is 17.3 Å². The Hall–Kier alpha value is -2.04. The number of H-pyrrole nitrogens is 1. The zero-order valence-electron chi connectivity index (χ0n) is 10.9. The van der Waals surface area contributed by atoms with E-state index in [1.54, 1.807) is 26.2 Å². The van der Waals surface area contributed by atoms with Gasteiger partial charge in [-0.3, -0.25) is 4.79 Å². The van der Waals surface area contributed by atoms with Crippen LogP contribution in [-0.2, 0) is 14.9 Å². The minimum Gasteiger partial charge on any atom is -0.468 e. The second-order valence-corrected chi connectivity index (χ2v) is 4.65. The van der Waals surface area contributed by atoms with Crippen molar-refractivity contribution in [1.29, 1.82) is 0 Å². The Balaban J connectivity index is 2.44. The van der Waals surface area contributed by atoms with Crippen molar-refractivity contribution >= 4 is 5.97 Å². The zero-order chi connectivity index (χ0) is 13.3. The fourth-order valence-corrected chi connectivity index (χ4v) is 1.76. The summed E-state index contributed by atoms with van der Waals surface area (Å²) in [7, 11) is 1.37. The Labute approximate surface area is 105 Å². The number of furan rings is 1. The normalized spacial score (nSPS) is 11.6. The number of imidazole rings is 1. The van der Waals surface area contributed by atoms with Crippen LogP contribution >= 0.6 is 0 Å². The van der Waals surface area contributed by atoms with Gasteiger partial charge in [0.05, 0.1) is 13.4 Å². The summed E-state index contributed by atoms with van der Waals surface area (Å²) in [6, 6.07) is 3.63. The average Bonchev–Trinajstić information content (AvgIpc) is 2.96. The molecule has 0 bridgehead atoms. The summed E-state index contributed by atoms with van der Waals surface area (Å²) < 4.78 is 10.1. The van der Waals surface area contributed by atoms with E-state index >= 15 is 0 Å². The second kappa shape index (κ2) is 4.33. The molecular weight excluding hydrogens is 232 g/mol. The first-order valence-electron chi connectivity index (χ1n) is 5.66. The molecule has 1 N–H and O–H groups in total. The maximum absolute atomic E-state index is 11.7. The van der Waals surface area contributed by atoms with E-state index in [2.05, 4.69) is 9.97 Å². The van der Waals surface area contributed by atoms with Crippen molar-refractivity contribution in [1.82, 2.24) is 9.97 Å². The van der Waals surface area contributed by atoms with Gasteiger partial charge in [-0.15, -0.1) is 0 Å². The molecule has 0 aromatic carbocycles. The van der Waals surface area contributed by atoms with E-state index in [9.17, 15) is 4.79 Å². The molecule has 0 unspecified atom stereocenters. The third-order valence-electron chi connectivity index (χ3n) is 2.93. The fraction of sp³-hybridized carbons (Fsp3) is 0.385. The van der Waals surface area contributed by atoms with Crippen LogP contribution in [0.1, 0.15) is 25.4 Å². The number of hydrogen-bond donors (Lipinski definition) is 1. The standard InChI is InChI=1S/C13H16N2O3/c1-8-10(9-6-5-7-18-9)15-11(14-8)13(2,3)12(16)17-4/h5-7H,1-4H3,(H,14,15). The van der Waals surface area contributed by atoms with Gasteiger partial charge in [0.1, 0.15) is 16.9 Å². The molecule has 0 saturated heterocycles. The van der Waals surface area contributed by atoms with Crippen molar-refractivity contribution in [3.63, 3.8) is 0 Å². The van der Waals surface area contributed by atoms with Crippen LogP contribution in [0.4, 0.5) is 0 Å². The molecule has 2 heterocycles. The molecule has 5 nitrogen and oxygen atoms in total. The van der Waals surface area contributed by atoms with Crippen LogP contribution in [0.3, 0.4) is 0 Å². The SMILES string of the molecule is COC(=O)C(C)(C)c1nc(-c2ccco2)c(C)[nH]1. The Bertz CT molecular complexity index is 553. The highest BCUT2D eigenvalue weighted by atomic mass is 16.5. The molecule has 0 aliphatic rings.